The Morgan fingerprint density at radius 1 is 1.57 bits per heavy atom. The van der Waals surface area contributed by atoms with E-state index in [0.717, 1.165) is 12.8 Å². The summed E-state index contributed by atoms with van der Waals surface area (Å²) in [6.07, 6.45) is 6.24. The summed E-state index contributed by atoms with van der Waals surface area (Å²) in [4.78, 5) is 11.6. The molecule has 1 fully saturated rings. The Hall–Kier alpha value is -1.39. The molecule has 0 saturated heterocycles. The second-order valence-corrected chi connectivity index (χ2v) is 3.73. The third kappa shape index (κ3) is 1.92. The van der Waals surface area contributed by atoms with Gasteiger partial charge in [0.2, 0.25) is 0 Å². The molecule has 1 amide bonds. The normalized spacial score (nSPS) is 17.2. The predicted octanol–water partition coefficient (Wildman–Crippen LogP) is 0.488. The van der Waals surface area contributed by atoms with Crippen molar-refractivity contribution < 1.29 is 4.79 Å². The van der Waals surface area contributed by atoms with Gasteiger partial charge in [-0.15, -0.1) is 5.10 Å². The number of nitrogens with zero attached hydrogens (tertiary/aromatic N) is 3. The molecule has 1 aliphatic rings. The van der Waals surface area contributed by atoms with E-state index in [9.17, 15) is 4.79 Å². The Kier molecular flexibility index (Phi) is 2.47. The van der Waals surface area contributed by atoms with E-state index in [4.69, 9.17) is 0 Å². The van der Waals surface area contributed by atoms with E-state index in [1.165, 1.54) is 17.5 Å². The molecule has 5 nitrogen and oxygen atoms in total. The summed E-state index contributed by atoms with van der Waals surface area (Å²) in [6.45, 7) is 0. The van der Waals surface area contributed by atoms with Crippen LogP contribution in [0.15, 0.2) is 6.20 Å². The van der Waals surface area contributed by atoms with Gasteiger partial charge in [-0.05, 0) is 12.8 Å². The molecule has 1 N–H and O–H groups in total. The zero-order valence-corrected chi connectivity index (χ0v) is 8.23. The highest BCUT2D eigenvalue weighted by Gasteiger charge is 2.19. The lowest BCUT2D eigenvalue weighted by Gasteiger charge is -2.09. The number of hydrogen-bond donors (Lipinski definition) is 1. The standard InChI is InChI=1S/C9H14N4O/c1-13-6-8(11-12-13)9(14)10-7-4-2-3-5-7/h6-7H,2-5H2,1H3,(H,10,14). The largest absolute Gasteiger partial charge is 0.348 e. The Labute approximate surface area is 82.5 Å². The maximum atomic E-state index is 11.6. The molecule has 0 spiro atoms. The van der Waals surface area contributed by atoms with E-state index in [1.54, 1.807) is 13.2 Å². The lowest BCUT2D eigenvalue weighted by molar-refractivity contribution is 0.0932. The van der Waals surface area contributed by atoms with Crippen molar-refractivity contribution in [3.05, 3.63) is 11.9 Å². The van der Waals surface area contributed by atoms with Gasteiger partial charge in [-0.25, -0.2) is 0 Å². The van der Waals surface area contributed by atoms with E-state index in [-0.39, 0.29) is 5.91 Å². The smallest absolute Gasteiger partial charge is 0.273 e. The molecular formula is C9H14N4O. The van der Waals surface area contributed by atoms with Crippen molar-refractivity contribution in [1.29, 1.82) is 0 Å². The minimum atomic E-state index is -0.106. The highest BCUT2D eigenvalue weighted by atomic mass is 16.2. The Bertz CT molecular complexity index is 327. The molecular weight excluding hydrogens is 180 g/mol. The first-order valence-electron chi connectivity index (χ1n) is 4.93. The molecule has 0 aromatic carbocycles. The van der Waals surface area contributed by atoms with Gasteiger partial charge in [-0.1, -0.05) is 18.1 Å². The minimum Gasteiger partial charge on any atom is -0.348 e. The quantitative estimate of drug-likeness (QED) is 0.745. The summed E-state index contributed by atoms with van der Waals surface area (Å²) in [7, 11) is 1.75. The molecule has 5 heteroatoms. The maximum Gasteiger partial charge on any atom is 0.273 e. The molecule has 1 aromatic heterocycles. The monoisotopic (exact) mass is 194 g/mol. The van der Waals surface area contributed by atoms with Crippen LogP contribution in [0.25, 0.3) is 0 Å². The maximum absolute atomic E-state index is 11.6. The highest BCUT2D eigenvalue weighted by Crippen LogP contribution is 2.17. The van der Waals surface area contributed by atoms with Gasteiger partial charge in [-0.3, -0.25) is 9.48 Å². The van der Waals surface area contributed by atoms with Gasteiger partial charge in [0.1, 0.15) is 0 Å². The van der Waals surface area contributed by atoms with Crippen molar-refractivity contribution in [3.63, 3.8) is 0 Å². The number of carbonyl (C=O) groups excluding carboxylic acids is 1. The number of carbonyl (C=O) groups is 1. The Morgan fingerprint density at radius 3 is 2.86 bits per heavy atom. The van der Waals surface area contributed by atoms with Crippen LogP contribution < -0.4 is 5.32 Å². The van der Waals surface area contributed by atoms with E-state index in [0.29, 0.717) is 11.7 Å². The third-order valence-electron chi connectivity index (χ3n) is 2.53. The van der Waals surface area contributed by atoms with E-state index in [1.807, 2.05) is 0 Å². The fraction of sp³-hybridized carbons (Fsp3) is 0.667. The first kappa shape index (κ1) is 9.18. The third-order valence-corrected chi connectivity index (χ3v) is 2.53. The predicted molar refractivity (Wildman–Crippen MR) is 50.7 cm³/mol. The second kappa shape index (κ2) is 3.77. The molecule has 1 saturated carbocycles. The SMILES string of the molecule is Cn1cc(C(=O)NC2CCCC2)nn1. The summed E-state index contributed by atoms with van der Waals surface area (Å²) in [5.74, 6) is -0.106. The number of aryl methyl sites for hydroxylation is 1. The fourth-order valence-electron chi connectivity index (χ4n) is 1.78. The minimum absolute atomic E-state index is 0.106. The number of aromatic nitrogens is 3. The molecule has 2 rings (SSSR count). The van der Waals surface area contributed by atoms with E-state index >= 15 is 0 Å². The van der Waals surface area contributed by atoms with Gasteiger partial charge >= 0.3 is 0 Å². The molecule has 0 aliphatic heterocycles. The van der Waals surface area contributed by atoms with Gasteiger partial charge in [0.15, 0.2) is 5.69 Å². The van der Waals surface area contributed by atoms with Gasteiger partial charge in [0, 0.05) is 13.1 Å². The lowest BCUT2D eigenvalue weighted by Crippen LogP contribution is -2.32. The van der Waals surface area contributed by atoms with Gasteiger partial charge in [0.05, 0.1) is 6.20 Å². The molecule has 0 bridgehead atoms. The van der Waals surface area contributed by atoms with Crippen LogP contribution in [-0.4, -0.2) is 26.9 Å². The van der Waals surface area contributed by atoms with Crippen molar-refractivity contribution in [1.82, 2.24) is 20.3 Å². The van der Waals surface area contributed by atoms with Crippen molar-refractivity contribution in [3.8, 4) is 0 Å². The average molecular weight is 194 g/mol. The number of rotatable bonds is 2. The van der Waals surface area contributed by atoms with E-state index in [2.05, 4.69) is 15.6 Å². The Morgan fingerprint density at radius 2 is 2.29 bits per heavy atom. The second-order valence-electron chi connectivity index (χ2n) is 3.73. The van der Waals surface area contributed by atoms with Gasteiger partial charge in [-0.2, -0.15) is 0 Å². The van der Waals surface area contributed by atoms with Crippen molar-refractivity contribution in [2.45, 2.75) is 31.7 Å². The van der Waals surface area contributed by atoms with Crippen molar-refractivity contribution in [2.24, 2.45) is 7.05 Å². The Balaban J connectivity index is 1.95. The number of nitrogens with one attached hydrogen (secondary N) is 1. The summed E-state index contributed by atoms with van der Waals surface area (Å²) in [5.41, 5.74) is 0.402. The molecule has 1 heterocycles. The van der Waals surface area contributed by atoms with Crippen LogP contribution in [-0.2, 0) is 7.05 Å². The average Bonchev–Trinajstić information content (AvgIpc) is 2.75. The van der Waals surface area contributed by atoms with Crippen LogP contribution in [0.5, 0.6) is 0 Å². The summed E-state index contributed by atoms with van der Waals surface area (Å²) < 4.78 is 1.53. The molecule has 1 aromatic rings. The van der Waals surface area contributed by atoms with Crippen LogP contribution in [0.2, 0.25) is 0 Å². The van der Waals surface area contributed by atoms with Crippen LogP contribution in [0.3, 0.4) is 0 Å². The molecule has 14 heavy (non-hydrogen) atoms. The van der Waals surface area contributed by atoms with Crippen LogP contribution in [0.1, 0.15) is 36.2 Å². The molecule has 0 radical (unpaired) electrons. The number of hydrogen-bond acceptors (Lipinski definition) is 3. The summed E-state index contributed by atoms with van der Waals surface area (Å²) >= 11 is 0. The first-order valence-corrected chi connectivity index (χ1v) is 4.93. The molecule has 1 aliphatic carbocycles. The topological polar surface area (TPSA) is 59.8 Å². The zero-order valence-electron chi connectivity index (χ0n) is 8.23. The van der Waals surface area contributed by atoms with Crippen molar-refractivity contribution >= 4 is 5.91 Å². The highest BCUT2D eigenvalue weighted by molar-refractivity contribution is 5.92. The van der Waals surface area contributed by atoms with Gasteiger partial charge < -0.3 is 5.32 Å². The van der Waals surface area contributed by atoms with Crippen LogP contribution in [0.4, 0.5) is 0 Å². The fourth-order valence-corrected chi connectivity index (χ4v) is 1.78. The zero-order chi connectivity index (χ0) is 9.97. The molecule has 0 unspecified atom stereocenters. The van der Waals surface area contributed by atoms with Crippen molar-refractivity contribution in [2.75, 3.05) is 0 Å². The van der Waals surface area contributed by atoms with E-state index < -0.39 is 0 Å². The molecule has 0 atom stereocenters. The summed E-state index contributed by atoms with van der Waals surface area (Å²) in [5, 5.41) is 10.4. The summed E-state index contributed by atoms with van der Waals surface area (Å²) in [6, 6.07) is 0.338. The first-order chi connectivity index (χ1) is 6.75. The van der Waals surface area contributed by atoms with Gasteiger partial charge in [0.25, 0.3) is 5.91 Å². The number of amides is 1. The van der Waals surface area contributed by atoms with Crippen LogP contribution >= 0.6 is 0 Å². The van der Waals surface area contributed by atoms with Crippen LogP contribution in [0, 0.1) is 0 Å². The lowest BCUT2D eigenvalue weighted by atomic mass is 10.2. The molecule has 76 valence electrons.